The fourth-order valence-electron chi connectivity index (χ4n) is 4.14. The zero-order chi connectivity index (χ0) is 31.7. The minimum atomic E-state index is -3.52. The molecule has 14 heteroatoms. The largest absolute Gasteiger partial charge is 0.494 e. The molecule has 1 amide bonds. The fraction of sp³-hybridized carbons (Fsp3) is 0.345. The molecule has 43 heavy (non-hydrogen) atoms. The number of rotatable bonds is 15. The number of carbonyl (C=O) groups excluding carboxylic acids is 1. The highest BCUT2D eigenvalue weighted by Gasteiger charge is 2.22. The van der Waals surface area contributed by atoms with Crippen LogP contribution in [-0.4, -0.2) is 82.8 Å². The van der Waals surface area contributed by atoms with Gasteiger partial charge in [-0.3, -0.25) is 9.10 Å². The molecule has 3 aromatic rings. The van der Waals surface area contributed by atoms with Crippen molar-refractivity contribution in [2.45, 2.75) is 13.8 Å². The van der Waals surface area contributed by atoms with E-state index >= 15 is 0 Å². The summed E-state index contributed by atoms with van der Waals surface area (Å²) in [7, 11) is 3.93. The van der Waals surface area contributed by atoms with Crippen LogP contribution in [-0.2, 0) is 14.8 Å². The number of ether oxygens (including phenoxy) is 1. The lowest BCUT2D eigenvalue weighted by Gasteiger charge is -2.26. The summed E-state index contributed by atoms with van der Waals surface area (Å²) >= 11 is 6.46. The number of anilines is 7. The minimum absolute atomic E-state index is 0.0428. The molecule has 3 rings (SSSR count). The van der Waals surface area contributed by atoms with Crippen LogP contribution in [0.4, 0.5) is 40.2 Å². The lowest BCUT2D eigenvalue weighted by atomic mass is 10.2. The fourth-order valence-corrected chi connectivity index (χ4v) is 5.44. The van der Waals surface area contributed by atoms with Crippen LogP contribution in [0.5, 0.6) is 5.75 Å². The molecule has 12 nitrogen and oxygen atoms in total. The van der Waals surface area contributed by atoms with Gasteiger partial charge in [-0.2, -0.15) is 4.98 Å². The molecule has 0 radical (unpaired) electrons. The molecule has 2 aromatic carbocycles. The van der Waals surface area contributed by atoms with Crippen LogP contribution < -0.4 is 29.9 Å². The molecule has 0 unspecified atom stereocenters. The maximum absolute atomic E-state index is 12.8. The molecule has 0 aliphatic carbocycles. The van der Waals surface area contributed by atoms with E-state index in [1.807, 2.05) is 32.1 Å². The third kappa shape index (κ3) is 8.49. The maximum Gasteiger partial charge on any atom is 0.247 e. The first-order valence-electron chi connectivity index (χ1n) is 13.6. The Bertz CT molecular complexity index is 1550. The maximum atomic E-state index is 12.8. The SMILES string of the molecule is C=CC(=O)Nc1cc(Nc2ncc(Cl)c(Nc3ccccc3N(CC)S(=O)(=O)CC)n2)c(OC)cc1N(C)CCN(C)C. The Morgan fingerprint density at radius 1 is 1.05 bits per heavy atom. The highest BCUT2D eigenvalue weighted by atomic mass is 35.5. The van der Waals surface area contributed by atoms with Gasteiger partial charge >= 0.3 is 0 Å². The predicted molar refractivity (Wildman–Crippen MR) is 176 cm³/mol. The van der Waals surface area contributed by atoms with Crippen molar-refractivity contribution >= 4 is 67.7 Å². The first-order chi connectivity index (χ1) is 20.4. The van der Waals surface area contributed by atoms with Crippen LogP contribution in [0.25, 0.3) is 0 Å². The van der Waals surface area contributed by atoms with Gasteiger partial charge in [0.15, 0.2) is 5.82 Å². The number of halogens is 1. The lowest BCUT2D eigenvalue weighted by Crippen LogP contribution is -2.32. The van der Waals surface area contributed by atoms with Gasteiger partial charge < -0.3 is 30.5 Å². The minimum Gasteiger partial charge on any atom is -0.494 e. The number of likely N-dealkylation sites (N-methyl/N-ethyl adjacent to an activating group) is 2. The molecule has 1 aromatic heterocycles. The van der Waals surface area contributed by atoms with E-state index in [0.717, 1.165) is 12.2 Å². The van der Waals surface area contributed by atoms with Crippen molar-refractivity contribution in [2.24, 2.45) is 0 Å². The number of benzene rings is 2. The number of nitrogens with zero attached hydrogens (tertiary/aromatic N) is 5. The van der Waals surface area contributed by atoms with E-state index in [1.54, 1.807) is 51.3 Å². The number of methoxy groups -OCH3 is 1. The monoisotopic (exact) mass is 630 g/mol. The number of sulfonamides is 1. The second-order valence-electron chi connectivity index (χ2n) is 9.71. The Morgan fingerprint density at radius 3 is 2.40 bits per heavy atom. The average molecular weight is 631 g/mol. The second kappa shape index (κ2) is 14.9. The van der Waals surface area contributed by atoms with Crippen LogP contribution >= 0.6 is 11.6 Å². The van der Waals surface area contributed by atoms with Crippen molar-refractivity contribution in [3.8, 4) is 5.75 Å². The van der Waals surface area contributed by atoms with Crippen molar-refractivity contribution < 1.29 is 17.9 Å². The topological polar surface area (TPSA) is 132 Å². The normalized spacial score (nSPS) is 11.2. The summed E-state index contributed by atoms with van der Waals surface area (Å²) in [5.74, 6) is 0.531. The van der Waals surface area contributed by atoms with E-state index in [0.29, 0.717) is 35.0 Å². The first-order valence-corrected chi connectivity index (χ1v) is 15.6. The van der Waals surface area contributed by atoms with Crippen molar-refractivity contribution in [3.05, 3.63) is 60.3 Å². The lowest BCUT2D eigenvalue weighted by molar-refractivity contribution is -0.111. The molecule has 1 heterocycles. The molecule has 0 atom stereocenters. The Labute approximate surface area is 258 Å². The zero-order valence-electron chi connectivity index (χ0n) is 25.3. The van der Waals surface area contributed by atoms with Crippen LogP contribution in [0, 0.1) is 0 Å². The van der Waals surface area contributed by atoms with Crippen LogP contribution in [0.2, 0.25) is 5.02 Å². The third-order valence-corrected chi connectivity index (χ3v) is 8.59. The first kappa shape index (κ1) is 33.4. The summed E-state index contributed by atoms with van der Waals surface area (Å²) < 4.78 is 32.5. The molecule has 0 saturated heterocycles. The molecule has 232 valence electrons. The van der Waals surface area contributed by atoms with Crippen molar-refractivity contribution in [3.63, 3.8) is 0 Å². The van der Waals surface area contributed by atoms with Crippen LogP contribution in [0.15, 0.2) is 55.3 Å². The zero-order valence-corrected chi connectivity index (χ0v) is 26.9. The number of carbonyl (C=O) groups is 1. The Morgan fingerprint density at radius 2 is 1.77 bits per heavy atom. The second-order valence-corrected chi connectivity index (χ2v) is 12.3. The molecule has 0 aliphatic heterocycles. The smallest absolute Gasteiger partial charge is 0.247 e. The number of hydrogen-bond acceptors (Lipinski definition) is 10. The molecule has 0 spiro atoms. The number of nitrogens with one attached hydrogen (secondary N) is 3. The Balaban J connectivity index is 2.00. The number of amides is 1. The molecule has 0 fully saturated rings. The van der Waals surface area contributed by atoms with Gasteiger partial charge in [0.25, 0.3) is 0 Å². The van der Waals surface area contributed by atoms with E-state index in [1.165, 1.54) is 16.6 Å². The quantitative estimate of drug-likeness (QED) is 0.199. The number of aromatic nitrogens is 2. The number of para-hydroxylation sites is 2. The van der Waals surface area contributed by atoms with E-state index in [9.17, 15) is 13.2 Å². The van der Waals surface area contributed by atoms with E-state index < -0.39 is 10.0 Å². The average Bonchev–Trinajstić information content (AvgIpc) is 2.98. The Hall–Kier alpha value is -4.07. The highest BCUT2D eigenvalue weighted by Crippen LogP contribution is 2.38. The van der Waals surface area contributed by atoms with Crippen LogP contribution in [0.1, 0.15) is 13.8 Å². The summed E-state index contributed by atoms with van der Waals surface area (Å²) in [6, 6.07) is 10.6. The number of hydrogen-bond donors (Lipinski definition) is 3. The summed E-state index contributed by atoms with van der Waals surface area (Å²) in [4.78, 5) is 25.2. The molecule has 0 aliphatic rings. The van der Waals surface area contributed by atoms with Gasteiger partial charge in [0.2, 0.25) is 21.9 Å². The van der Waals surface area contributed by atoms with Gasteiger partial charge in [0.05, 0.1) is 47.5 Å². The highest BCUT2D eigenvalue weighted by molar-refractivity contribution is 7.92. The van der Waals surface area contributed by atoms with Gasteiger partial charge in [-0.1, -0.05) is 30.3 Å². The summed E-state index contributed by atoms with van der Waals surface area (Å²) in [6.07, 6.45) is 2.63. The third-order valence-electron chi connectivity index (χ3n) is 6.46. The van der Waals surface area contributed by atoms with E-state index in [4.69, 9.17) is 16.3 Å². The summed E-state index contributed by atoms with van der Waals surface area (Å²) in [5, 5.41) is 9.40. The van der Waals surface area contributed by atoms with Gasteiger partial charge in [-0.25, -0.2) is 13.4 Å². The van der Waals surface area contributed by atoms with Crippen molar-refractivity contribution in [1.29, 1.82) is 0 Å². The predicted octanol–water partition coefficient (Wildman–Crippen LogP) is 4.92. The van der Waals surface area contributed by atoms with Gasteiger partial charge in [0.1, 0.15) is 10.8 Å². The standard InChI is InChI=1S/C29H39ClN8O4S/c1-8-27(39)32-22-17-23(26(42-7)18-25(22)37(6)16-15-36(4)5)34-29-31-19-20(30)28(35-29)33-21-13-11-12-14-24(21)38(9-2)43(40,41)10-3/h8,11-14,17-19H,1,9-10,15-16H2,2-7H3,(H,32,39)(H2,31,33,34,35). The molecular weight excluding hydrogens is 592 g/mol. The van der Waals surface area contributed by atoms with Gasteiger partial charge in [-0.15, -0.1) is 0 Å². The molecular formula is C29H39ClN8O4S. The van der Waals surface area contributed by atoms with E-state index in [2.05, 4.69) is 37.4 Å². The van der Waals surface area contributed by atoms with E-state index in [-0.39, 0.29) is 35.0 Å². The van der Waals surface area contributed by atoms with Crippen molar-refractivity contribution in [1.82, 2.24) is 14.9 Å². The molecule has 0 saturated carbocycles. The Kier molecular flexibility index (Phi) is 11.6. The molecule has 0 bridgehead atoms. The van der Waals surface area contributed by atoms with Gasteiger partial charge in [0, 0.05) is 32.7 Å². The van der Waals surface area contributed by atoms with Crippen LogP contribution in [0.3, 0.4) is 0 Å². The van der Waals surface area contributed by atoms with Gasteiger partial charge in [-0.05, 0) is 52.2 Å². The molecule has 3 N–H and O–H groups in total. The van der Waals surface area contributed by atoms with Crippen molar-refractivity contribution in [2.75, 3.05) is 78.8 Å². The summed E-state index contributed by atoms with van der Waals surface area (Å²) in [5.41, 5.74) is 2.75. The summed E-state index contributed by atoms with van der Waals surface area (Å²) in [6.45, 7) is 8.68.